The number of thioether (sulfide) groups is 1. The third-order valence-corrected chi connectivity index (χ3v) is 4.68. The largest absolute Gasteiger partial charge is 1.00 e. The second-order valence-corrected chi connectivity index (χ2v) is 6.28. The maximum absolute atomic E-state index is 11.9. The third kappa shape index (κ3) is 6.41. The molecule has 0 aliphatic carbocycles. The highest BCUT2D eigenvalue weighted by Gasteiger charge is 2.14. The molecule has 1 amide bonds. The molecule has 0 spiro atoms. The van der Waals surface area contributed by atoms with Gasteiger partial charge in [0.2, 0.25) is 5.91 Å². The Labute approximate surface area is 152 Å². The lowest BCUT2D eigenvalue weighted by Crippen LogP contribution is -3.00. The van der Waals surface area contributed by atoms with E-state index in [4.69, 9.17) is 4.42 Å². The average Bonchev–Trinajstić information content (AvgIpc) is 3.14. The molecule has 24 heavy (non-hydrogen) atoms. The van der Waals surface area contributed by atoms with E-state index in [0.29, 0.717) is 31.6 Å². The molecule has 2 rings (SSSR count). The van der Waals surface area contributed by atoms with Crippen molar-refractivity contribution < 1.29 is 31.0 Å². The van der Waals surface area contributed by atoms with Gasteiger partial charge in [-0.05, 0) is 30.3 Å². The van der Waals surface area contributed by atoms with Gasteiger partial charge in [0.15, 0.2) is 0 Å². The van der Waals surface area contributed by atoms with Crippen LogP contribution in [0.1, 0.15) is 25.0 Å². The van der Waals surface area contributed by atoms with E-state index in [0.717, 1.165) is 10.9 Å². The summed E-state index contributed by atoms with van der Waals surface area (Å²) in [6.45, 7) is 0.389. The van der Waals surface area contributed by atoms with Gasteiger partial charge >= 0.3 is 5.16 Å². The van der Waals surface area contributed by atoms with Crippen LogP contribution in [-0.4, -0.2) is 22.0 Å². The summed E-state index contributed by atoms with van der Waals surface area (Å²) in [5.74, 6) is 1.26. The van der Waals surface area contributed by atoms with Crippen molar-refractivity contribution in [3.63, 3.8) is 0 Å². The molecule has 2 aromatic rings. The number of aryl methyl sites for hydroxylation is 2. The molecule has 0 aliphatic heterocycles. The Kier molecular flexibility index (Phi) is 8.63. The maximum Gasteiger partial charge on any atom is 0.317 e. The van der Waals surface area contributed by atoms with Crippen molar-refractivity contribution in [1.29, 1.82) is 0 Å². The second kappa shape index (κ2) is 10.2. The lowest BCUT2D eigenvalue weighted by molar-refractivity contribution is -0.709. The Morgan fingerprint density at radius 2 is 2.17 bits per heavy atom. The van der Waals surface area contributed by atoms with Crippen LogP contribution in [0.3, 0.4) is 0 Å². The minimum absolute atomic E-state index is 0. The lowest BCUT2D eigenvalue weighted by atomic mass is 10.2. The molecule has 132 valence electrons. The van der Waals surface area contributed by atoms with Gasteiger partial charge in [0.25, 0.3) is 0 Å². The van der Waals surface area contributed by atoms with E-state index in [1.165, 1.54) is 11.8 Å². The number of imidazole rings is 1. The fraction of sp³-hybridized carbons (Fsp3) is 0.438. The lowest BCUT2D eigenvalue weighted by Gasteiger charge is -2.03. The predicted octanol–water partition coefficient (Wildman–Crippen LogP) is -1.41. The molecule has 0 saturated heterocycles. The second-order valence-electron chi connectivity index (χ2n) is 5.34. The van der Waals surface area contributed by atoms with Crippen LogP contribution < -0.4 is 22.3 Å². The minimum Gasteiger partial charge on any atom is -1.00 e. The summed E-state index contributed by atoms with van der Waals surface area (Å²) < 4.78 is 9.11. The first kappa shape index (κ1) is 20.3. The molecule has 0 atom stereocenters. The molecular formula is C16H22ClN3O3S. The van der Waals surface area contributed by atoms with E-state index in [1.54, 1.807) is 12.3 Å². The van der Waals surface area contributed by atoms with Crippen molar-refractivity contribution >= 4 is 23.5 Å². The van der Waals surface area contributed by atoms with Crippen LogP contribution >= 0.6 is 11.8 Å². The molecular weight excluding hydrogens is 350 g/mol. The Morgan fingerprint density at radius 3 is 2.79 bits per heavy atom. The smallest absolute Gasteiger partial charge is 0.317 e. The van der Waals surface area contributed by atoms with Crippen LogP contribution in [-0.2, 0) is 30.2 Å². The molecule has 0 unspecified atom stereocenters. The van der Waals surface area contributed by atoms with E-state index in [-0.39, 0.29) is 24.1 Å². The van der Waals surface area contributed by atoms with Crippen LogP contribution in [0.15, 0.2) is 40.4 Å². The normalized spacial score (nSPS) is 10.2. The molecule has 0 radical (unpaired) electrons. The third-order valence-electron chi connectivity index (χ3n) is 3.38. The number of aromatic nitrogens is 2. The molecule has 0 bridgehead atoms. The zero-order chi connectivity index (χ0) is 16.7. The Balaban J connectivity index is 0.00000288. The van der Waals surface area contributed by atoms with Gasteiger partial charge < -0.3 is 22.1 Å². The zero-order valence-electron chi connectivity index (χ0n) is 13.8. The molecule has 1 N–H and O–H groups in total. The van der Waals surface area contributed by atoms with Gasteiger partial charge in [-0.2, -0.15) is 0 Å². The van der Waals surface area contributed by atoms with Crippen molar-refractivity contribution in [1.82, 2.24) is 9.88 Å². The van der Waals surface area contributed by atoms with Crippen molar-refractivity contribution in [2.45, 2.75) is 31.0 Å². The number of ketones is 1. The molecule has 0 aromatic carbocycles. The predicted molar refractivity (Wildman–Crippen MR) is 86.7 cm³/mol. The summed E-state index contributed by atoms with van der Waals surface area (Å²) in [5.41, 5.74) is 0. The van der Waals surface area contributed by atoms with Crippen LogP contribution in [0, 0.1) is 0 Å². The zero-order valence-corrected chi connectivity index (χ0v) is 15.4. The highest BCUT2D eigenvalue weighted by atomic mass is 35.5. The van der Waals surface area contributed by atoms with E-state index < -0.39 is 0 Å². The summed E-state index contributed by atoms with van der Waals surface area (Å²) in [5, 5.41) is 3.81. The molecule has 0 saturated carbocycles. The fourth-order valence-corrected chi connectivity index (χ4v) is 3.09. The molecule has 8 heteroatoms. The summed E-state index contributed by atoms with van der Waals surface area (Å²) in [7, 11) is 3.91. The molecule has 0 aliphatic rings. The highest BCUT2D eigenvalue weighted by Crippen LogP contribution is 2.14. The first-order chi connectivity index (χ1) is 11.1. The van der Waals surface area contributed by atoms with Crippen molar-refractivity contribution in [2.24, 2.45) is 14.1 Å². The number of carbonyl (C=O) groups excluding carboxylic acids is 2. The summed E-state index contributed by atoms with van der Waals surface area (Å²) in [4.78, 5) is 23.6. The van der Waals surface area contributed by atoms with Gasteiger partial charge in [0.1, 0.15) is 23.9 Å². The van der Waals surface area contributed by atoms with Crippen LogP contribution in [0.4, 0.5) is 0 Å². The number of hydrogen-bond acceptors (Lipinski definition) is 4. The molecule has 0 fully saturated rings. The van der Waals surface area contributed by atoms with Gasteiger partial charge in [-0.25, -0.2) is 9.13 Å². The van der Waals surface area contributed by atoms with Gasteiger partial charge in [0.05, 0.1) is 32.7 Å². The number of rotatable bonds is 9. The fourth-order valence-electron chi connectivity index (χ4n) is 2.13. The number of furan rings is 1. The van der Waals surface area contributed by atoms with E-state index >= 15 is 0 Å². The SMILES string of the molecule is Cn1cc[n+](C)c1SCC(=O)CCCC(=O)NCc1ccco1.[Cl-]. The number of Topliss-reactive ketones (excluding diaryl/α,β-unsaturated/α-hetero) is 1. The number of nitrogens with one attached hydrogen (secondary N) is 1. The van der Waals surface area contributed by atoms with Gasteiger partial charge in [-0.15, -0.1) is 0 Å². The van der Waals surface area contributed by atoms with Gasteiger partial charge in [-0.3, -0.25) is 9.59 Å². The quantitative estimate of drug-likeness (QED) is 0.434. The number of amides is 1. The number of hydrogen-bond donors (Lipinski definition) is 1. The van der Waals surface area contributed by atoms with Crippen molar-refractivity contribution in [3.05, 3.63) is 36.5 Å². The van der Waals surface area contributed by atoms with E-state index in [2.05, 4.69) is 5.32 Å². The van der Waals surface area contributed by atoms with Crippen molar-refractivity contribution in [3.8, 4) is 0 Å². The highest BCUT2D eigenvalue weighted by molar-refractivity contribution is 7.99. The van der Waals surface area contributed by atoms with Gasteiger partial charge in [0, 0.05) is 12.8 Å². The summed E-state index contributed by atoms with van der Waals surface area (Å²) in [6, 6.07) is 3.59. The minimum atomic E-state index is -0.0595. The topological polar surface area (TPSA) is 68.1 Å². The van der Waals surface area contributed by atoms with Crippen LogP contribution in [0.5, 0.6) is 0 Å². The number of carbonyl (C=O) groups is 2. The summed E-state index contributed by atoms with van der Waals surface area (Å²) in [6.07, 6.45) is 6.84. The molecule has 2 aromatic heterocycles. The number of halogens is 1. The first-order valence-electron chi connectivity index (χ1n) is 7.51. The Morgan fingerprint density at radius 1 is 1.38 bits per heavy atom. The maximum atomic E-state index is 11.9. The molecule has 2 heterocycles. The van der Waals surface area contributed by atoms with Crippen LogP contribution in [0.2, 0.25) is 0 Å². The standard InChI is InChI=1S/C16H21N3O3S.ClH/c1-18-8-9-19(2)16(18)23-12-13(20)5-3-7-15(21)17-11-14-6-4-10-22-14;/h4,6,8-10H,3,5,7,11-12H2,1-2H3;1H. The Hall–Kier alpha value is -1.73. The Bertz CT molecular complexity index is 636. The number of nitrogens with zero attached hydrogens (tertiary/aromatic N) is 2. The molecule has 6 nitrogen and oxygen atoms in total. The van der Waals surface area contributed by atoms with Crippen molar-refractivity contribution in [2.75, 3.05) is 5.75 Å². The average molecular weight is 372 g/mol. The van der Waals surface area contributed by atoms with Crippen LogP contribution in [0.25, 0.3) is 0 Å². The summed E-state index contributed by atoms with van der Waals surface area (Å²) >= 11 is 1.52. The van der Waals surface area contributed by atoms with E-state index in [9.17, 15) is 9.59 Å². The van der Waals surface area contributed by atoms with Gasteiger partial charge in [-0.1, -0.05) is 0 Å². The van der Waals surface area contributed by atoms with E-state index in [1.807, 2.05) is 41.7 Å². The first-order valence-corrected chi connectivity index (χ1v) is 8.49. The monoisotopic (exact) mass is 371 g/mol.